The third-order valence-corrected chi connectivity index (χ3v) is 6.66. The largest absolute Gasteiger partial charge is 0.481 e. The third kappa shape index (κ3) is 3.32. The van der Waals surface area contributed by atoms with E-state index in [9.17, 15) is 8.42 Å². The zero-order valence-electron chi connectivity index (χ0n) is 15.3. The smallest absolute Gasteiger partial charge is 0.225 e. The Balaban J connectivity index is 1.66. The molecule has 2 aliphatic rings. The van der Waals surface area contributed by atoms with Gasteiger partial charge in [0.2, 0.25) is 21.9 Å². The number of benzene rings is 1. The van der Waals surface area contributed by atoms with Crippen LogP contribution in [0.25, 0.3) is 0 Å². The Labute approximate surface area is 159 Å². The van der Waals surface area contributed by atoms with Gasteiger partial charge in [0.05, 0.1) is 19.4 Å². The van der Waals surface area contributed by atoms with Crippen LogP contribution in [-0.4, -0.2) is 55.7 Å². The Bertz CT molecular complexity index is 937. The fourth-order valence-electron chi connectivity index (χ4n) is 4.29. The molecule has 0 bridgehead atoms. The first-order valence-electron chi connectivity index (χ1n) is 8.82. The van der Waals surface area contributed by atoms with Crippen LogP contribution in [-0.2, 0) is 10.0 Å². The minimum atomic E-state index is -3.29. The summed E-state index contributed by atoms with van der Waals surface area (Å²) in [6, 6.07) is 11.4. The molecule has 2 aromatic rings. The van der Waals surface area contributed by atoms with Crippen molar-refractivity contribution in [1.82, 2.24) is 14.3 Å². The lowest BCUT2D eigenvalue weighted by Gasteiger charge is -2.28. The van der Waals surface area contributed by atoms with Crippen molar-refractivity contribution in [2.45, 2.75) is 6.04 Å². The molecule has 27 heavy (non-hydrogen) atoms. The number of nitrogens with zero attached hydrogens (tertiary/aromatic N) is 4. The van der Waals surface area contributed by atoms with Gasteiger partial charge in [0.1, 0.15) is 5.82 Å². The van der Waals surface area contributed by atoms with Gasteiger partial charge in [0.25, 0.3) is 0 Å². The molecule has 8 nitrogen and oxygen atoms in total. The summed E-state index contributed by atoms with van der Waals surface area (Å²) in [5.74, 6) is 1.72. The summed E-state index contributed by atoms with van der Waals surface area (Å²) in [6.07, 6.45) is 1.29. The Hall–Kier alpha value is -2.39. The summed E-state index contributed by atoms with van der Waals surface area (Å²) in [5.41, 5.74) is 6.82. The molecule has 2 aliphatic heterocycles. The average Bonchev–Trinajstić information content (AvgIpc) is 3.19. The summed E-state index contributed by atoms with van der Waals surface area (Å²) >= 11 is 0. The van der Waals surface area contributed by atoms with Crippen LogP contribution in [0.1, 0.15) is 11.6 Å². The van der Waals surface area contributed by atoms with Crippen LogP contribution in [0.2, 0.25) is 0 Å². The van der Waals surface area contributed by atoms with Crippen molar-refractivity contribution >= 4 is 21.8 Å². The van der Waals surface area contributed by atoms with E-state index in [-0.39, 0.29) is 23.8 Å². The van der Waals surface area contributed by atoms with Crippen LogP contribution in [0.4, 0.5) is 11.8 Å². The molecule has 2 fully saturated rings. The summed E-state index contributed by atoms with van der Waals surface area (Å²) in [7, 11) is -1.75. The molecule has 0 aliphatic carbocycles. The number of rotatable bonds is 4. The number of anilines is 2. The first-order valence-corrected chi connectivity index (χ1v) is 10.7. The Morgan fingerprint density at radius 3 is 2.56 bits per heavy atom. The van der Waals surface area contributed by atoms with Gasteiger partial charge in [0.15, 0.2) is 0 Å². The summed E-state index contributed by atoms with van der Waals surface area (Å²) < 4.78 is 31.6. The van der Waals surface area contributed by atoms with Crippen molar-refractivity contribution in [3.8, 4) is 5.88 Å². The summed E-state index contributed by atoms with van der Waals surface area (Å²) in [5, 5.41) is 0. The minimum Gasteiger partial charge on any atom is -0.481 e. The first-order chi connectivity index (χ1) is 12.9. The van der Waals surface area contributed by atoms with Crippen molar-refractivity contribution in [1.29, 1.82) is 0 Å². The van der Waals surface area contributed by atoms with E-state index in [0.29, 0.717) is 24.8 Å². The first kappa shape index (κ1) is 18.0. The van der Waals surface area contributed by atoms with Crippen molar-refractivity contribution in [2.75, 3.05) is 43.6 Å². The van der Waals surface area contributed by atoms with Gasteiger partial charge in [-0.1, -0.05) is 30.3 Å². The van der Waals surface area contributed by atoms with E-state index in [0.717, 1.165) is 12.1 Å². The number of nitrogens with two attached hydrogens (primary N) is 1. The molecular weight excluding hydrogens is 366 g/mol. The lowest BCUT2D eigenvalue weighted by Crippen LogP contribution is -2.35. The highest BCUT2D eigenvalue weighted by Gasteiger charge is 2.50. The molecule has 2 N–H and O–H groups in total. The number of ether oxygens (including phenoxy) is 1. The van der Waals surface area contributed by atoms with Gasteiger partial charge in [-0.25, -0.2) is 8.42 Å². The third-order valence-electron chi connectivity index (χ3n) is 5.43. The fraction of sp³-hybridized carbons (Fsp3) is 0.444. The highest BCUT2D eigenvalue weighted by molar-refractivity contribution is 7.88. The van der Waals surface area contributed by atoms with Crippen molar-refractivity contribution in [2.24, 2.45) is 11.8 Å². The number of fused-ring (bicyclic) bond motifs is 1. The molecular formula is C18H23N5O3S. The maximum absolute atomic E-state index is 12.4. The van der Waals surface area contributed by atoms with Crippen LogP contribution < -0.4 is 15.4 Å². The van der Waals surface area contributed by atoms with Gasteiger partial charge in [0, 0.05) is 31.6 Å². The van der Waals surface area contributed by atoms with Crippen molar-refractivity contribution < 1.29 is 13.2 Å². The highest BCUT2D eigenvalue weighted by atomic mass is 32.2. The zero-order valence-corrected chi connectivity index (χ0v) is 16.1. The zero-order chi connectivity index (χ0) is 19.2. The second-order valence-corrected chi connectivity index (χ2v) is 9.08. The van der Waals surface area contributed by atoms with Gasteiger partial charge in [-0.05, 0) is 11.5 Å². The molecule has 0 radical (unpaired) electrons. The molecule has 0 unspecified atom stereocenters. The van der Waals surface area contributed by atoms with Crippen molar-refractivity contribution in [3.63, 3.8) is 0 Å². The number of sulfonamides is 1. The number of aromatic nitrogens is 2. The molecule has 0 saturated carbocycles. The Morgan fingerprint density at radius 1 is 1.15 bits per heavy atom. The summed E-state index contributed by atoms with van der Waals surface area (Å²) in [4.78, 5) is 10.5. The SMILES string of the molecule is COc1cc(N2C[C@@H]3CN(S(C)(=O)=O)[C@@H](c4ccccc4)[C@@H]3C2)nc(N)n1. The molecule has 144 valence electrons. The number of methoxy groups -OCH3 is 1. The summed E-state index contributed by atoms with van der Waals surface area (Å²) in [6.45, 7) is 1.94. The maximum Gasteiger partial charge on any atom is 0.225 e. The van der Waals surface area contributed by atoms with E-state index in [2.05, 4.69) is 14.9 Å². The predicted molar refractivity (Wildman–Crippen MR) is 103 cm³/mol. The van der Waals surface area contributed by atoms with Crippen LogP contribution in [0, 0.1) is 11.8 Å². The maximum atomic E-state index is 12.4. The van der Waals surface area contributed by atoms with Crippen LogP contribution >= 0.6 is 0 Å². The predicted octanol–water partition coefficient (Wildman–Crippen LogP) is 1.14. The molecule has 1 aromatic heterocycles. The van der Waals surface area contributed by atoms with E-state index in [1.54, 1.807) is 17.5 Å². The number of nitrogen functional groups attached to an aromatic ring is 1. The highest BCUT2D eigenvalue weighted by Crippen LogP contribution is 2.46. The second kappa shape index (κ2) is 6.65. The van der Waals surface area contributed by atoms with Gasteiger partial charge in [-0.15, -0.1) is 0 Å². The Kier molecular flexibility index (Phi) is 4.43. The molecule has 9 heteroatoms. The van der Waals surface area contributed by atoms with E-state index in [1.165, 1.54) is 6.26 Å². The fourth-order valence-corrected chi connectivity index (χ4v) is 5.45. The normalized spacial score (nSPS) is 25.6. The van der Waals surface area contributed by atoms with Gasteiger partial charge in [-0.3, -0.25) is 0 Å². The van der Waals surface area contributed by atoms with Crippen LogP contribution in [0.5, 0.6) is 5.88 Å². The number of hydrogen-bond donors (Lipinski definition) is 1. The minimum absolute atomic E-state index is 0.166. The average molecular weight is 389 g/mol. The quantitative estimate of drug-likeness (QED) is 0.836. The molecule has 3 heterocycles. The molecule has 1 aromatic carbocycles. The topological polar surface area (TPSA) is 102 Å². The van der Waals surface area contributed by atoms with Gasteiger partial charge in [-0.2, -0.15) is 14.3 Å². The van der Waals surface area contributed by atoms with E-state index >= 15 is 0 Å². The standard InChI is InChI=1S/C18H23N5O3S/c1-26-16-8-15(20-18(19)21-16)22-9-13-10-23(27(2,24)25)17(14(13)11-22)12-6-4-3-5-7-12/h3-8,13-14,17H,9-11H2,1-2H3,(H2,19,20,21)/t13-,14-,17+/m1/s1. The second-order valence-electron chi connectivity index (χ2n) is 7.14. The molecule has 4 rings (SSSR count). The van der Waals surface area contributed by atoms with Gasteiger partial charge < -0.3 is 15.4 Å². The molecule has 2 saturated heterocycles. The molecule has 3 atom stereocenters. The van der Waals surface area contributed by atoms with E-state index in [1.807, 2.05) is 30.3 Å². The van der Waals surface area contributed by atoms with Crippen molar-refractivity contribution in [3.05, 3.63) is 42.0 Å². The lowest BCUT2D eigenvalue weighted by atomic mass is 9.90. The molecule has 0 amide bonds. The van der Waals surface area contributed by atoms with Crippen LogP contribution in [0.15, 0.2) is 36.4 Å². The van der Waals surface area contributed by atoms with Gasteiger partial charge >= 0.3 is 0 Å². The Morgan fingerprint density at radius 2 is 1.89 bits per heavy atom. The van der Waals surface area contributed by atoms with Crippen LogP contribution in [0.3, 0.4) is 0 Å². The lowest BCUT2D eigenvalue weighted by molar-refractivity contribution is 0.352. The molecule has 0 spiro atoms. The van der Waals surface area contributed by atoms with E-state index < -0.39 is 10.0 Å². The number of hydrogen-bond acceptors (Lipinski definition) is 7. The van der Waals surface area contributed by atoms with E-state index in [4.69, 9.17) is 10.5 Å². The monoisotopic (exact) mass is 389 g/mol.